The van der Waals surface area contributed by atoms with Crippen LogP contribution >= 0.6 is 12.2 Å². The monoisotopic (exact) mass is 396 g/mol. The van der Waals surface area contributed by atoms with Gasteiger partial charge in [0.15, 0.2) is 16.7 Å². The van der Waals surface area contributed by atoms with E-state index in [1.165, 1.54) is 12.1 Å². The fourth-order valence-electron chi connectivity index (χ4n) is 3.49. The topological polar surface area (TPSA) is 48.9 Å². The van der Waals surface area contributed by atoms with Crippen LogP contribution in [0.15, 0.2) is 23.3 Å². The summed E-state index contributed by atoms with van der Waals surface area (Å²) in [5.41, 5.74) is 3.61. The Morgan fingerprint density at radius 2 is 2.15 bits per heavy atom. The number of piperidine rings is 1. The number of benzene rings is 1. The molecule has 0 saturated carbocycles. The van der Waals surface area contributed by atoms with E-state index in [0.717, 1.165) is 50.8 Å². The van der Waals surface area contributed by atoms with Gasteiger partial charge in [0.2, 0.25) is 0 Å². The summed E-state index contributed by atoms with van der Waals surface area (Å²) in [4.78, 5) is 2.23. The second kappa shape index (κ2) is 10.1. The predicted molar refractivity (Wildman–Crippen MR) is 106 cm³/mol. The normalized spacial score (nSPS) is 23.6. The number of nitrogens with one attached hydrogen (secondary N) is 2. The molecule has 148 valence electrons. The number of hydrogen-bond acceptors (Lipinski definition) is 4. The highest BCUT2D eigenvalue weighted by Gasteiger charge is 2.21. The van der Waals surface area contributed by atoms with E-state index in [-0.39, 0.29) is 12.1 Å². The maximum absolute atomic E-state index is 13.4. The summed E-state index contributed by atoms with van der Waals surface area (Å²) in [6.45, 7) is 2.97. The van der Waals surface area contributed by atoms with Gasteiger partial charge in [-0.05, 0) is 62.1 Å². The van der Waals surface area contributed by atoms with Gasteiger partial charge < -0.3 is 10.1 Å². The predicted octanol–water partition coefficient (Wildman–Crippen LogP) is 2.95. The largest absolute Gasteiger partial charge is 0.376 e. The zero-order valence-electron chi connectivity index (χ0n) is 15.3. The average Bonchev–Trinajstić information content (AvgIpc) is 3.18. The highest BCUT2D eigenvalue weighted by atomic mass is 32.1. The van der Waals surface area contributed by atoms with Crippen molar-refractivity contribution in [1.82, 2.24) is 15.6 Å². The lowest BCUT2D eigenvalue weighted by molar-refractivity contribution is 0.114. The molecule has 2 fully saturated rings. The van der Waals surface area contributed by atoms with Gasteiger partial charge in [-0.15, -0.1) is 0 Å². The van der Waals surface area contributed by atoms with Crippen molar-refractivity contribution in [3.63, 3.8) is 0 Å². The molecular formula is C19H26F2N4OS. The van der Waals surface area contributed by atoms with Crippen molar-refractivity contribution in [2.45, 2.75) is 50.8 Å². The molecule has 2 saturated heterocycles. The van der Waals surface area contributed by atoms with Crippen LogP contribution in [0.4, 0.5) is 8.78 Å². The number of hydrazone groups is 1. The van der Waals surface area contributed by atoms with Crippen LogP contribution in [0.1, 0.15) is 37.7 Å². The SMILES string of the molecule is Fc1ccc(CN2CCCCC2/C=N/NC(=S)NCC2CCCO2)cc1F. The van der Waals surface area contributed by atoms with E-state index >= 15 is 0 Å². The first kappa shape index (κ1) is 20.1. The second-order valence-corrected chi connectivity index (χ2v) is 7.43. The van der Waals surface area contributed by atoms with Crippen LogP contribution < -0.4 is 10.7 Å². The van der Waals surface area contributed by atoms with Crippen LogP contribution in [0.5, 0.6) is 0 Å². The van der Waals surface area contributed by atoms with Gasteiger partial charge in [0, 0.05) is 32.0 Å². The lowest BCUT2D eigenvalue weighted by atomic mass is 10.0. The first-order valence-corrected chi connectivity index (χ1v) is 9.89. The van der Waals surface area contributed by atoms with Gasteiger partial charge in [-0.25, -0.2) is 8.78 Å². The zero-order valence-corrected chi connectivity index (χ0v) is 16.1. The van der Waals surface area contributed by atoms with Crippen molar-refractivity contribution in [3.8, 4) is 0 Å². The Balaban J connectivity index is 1.48. The number of rotatable bonds is 6. The standard InChI is InChI=1S/C19H26F2N4OS/c20-17-7-6-14(10-18(17)21)13-25-8-2-1-4-15(25)11-23-24-19(27)22-12-16-5-3-9-26-16/h6-7,10-11,15-16H,1-5,8-9,12-13H2,(H2,22,24,27)/b23-11+. The Hall–Kier alpha value is -1.64. The van der Waals surface area contributed by atoms with E-state index in [1.54, 1.807) is 6.07 Å². The molecular weight excluding hydrogens is 370 g/mol. The first-order valence-electron chi connectivity index (χ1n) is 9.48. The highest BCUT2D eigenvalue weighted by molar-refractivity contribution is 7.80. The van der Waals surface area contributed by atoms with Crippen molar-refractivity contribution >= 4 is 23.5 Å². The average molecular weight is 397 g/mol. The molecule has 8 heteroatoms. The van der Waals surface area contributed by atoms with Gasteiger partial charge in [0.25, 0.3) is 0 Å². The lowest BCUT2D eigenvalue weighted by Gasteiger charge is -2.33. The van der Waals surface area contributed by atoms with Crippen LogP contribution in [0.25, 0.3) is 0 Å². The Kier molecular flexibility index (Phi) is 7.49. The molecule has 0 spiro atoms. The van der Waals surface area contributed by atoms with E-state index in [4.69, 9.17) is 17.0 Å². The molecule has 2 heterocycles. The number of nitrogens with zero attached hydrogens (tertiary/aromatic N) is 2. The minimum absolute atomic E-state index is 0.139. The van der Waals surface area contributed by atoms with E-state index in [9.17, 15) is 8.78 Å². The molecule has 5 nitrogen and oxygen atoms in total. The van der Waals surface area contributed by atoms with Crippen molar-refractivity contribution in [3.05, 3.63) is 35.4 Å². The molecule has 2 aliphatic heterocycles. The Morgan fingerprint density at radius 3 is 2.93 bits per heavy atom. The maximum Gasteiger partial charge on any atom is 0.187 e. The summed E-state index contributed by atoms with van der Waals surface area (Å²) in [5, 5.41) is 7.86. The van der Waals surface area contributed by atoms with Gasteiger partial charge in [-0.1, -0.05) is 12.5 Å². The lowest BCUT2D eigenvalue weighted by Crippen LogP contribution is -2.41. The van der Waals surface area contributed by atoms with Gasteiger partial charge >= 0.3 is 0 Å². The van der Waals surface area contributed by atoms with Crippen LogP contribution in [0.2, 0.25) is 0 Å². The van der Waals surface area contributed by atoms with E-state index in [2.05, 4.69) is 20.7 Å². The third-order valence-corrected chi connectivity index (χ3v) is 5.20. The molecule has 0 aliphatic carbocycles. The molecule has 27 heavy (non-hydrogen) atoms. The quantitative estimate of drug-likeness (QED) is 0.440. The smallest absolute Gasteiger partial charge is 0.187 e. The van der Waals surface area contributed by atoms with Crippen molar-refractivity contribution < 1.29 is 13.5 Å². The molecule has 2 N–H and O–H groups in total. The van der Waals surface area contributed by atoms with Gasteiger partial charge in [-0.3, -0.25) is 10.3 Å². The minimum atomic E-state index is -0.816. The van der Waals surface area contributed by atoms with E-state index in [0.29, 0.717) is 18.2 Å². The number of hydrogen-bond donors (Lipinski definition) is 2. The molecule has 3 rings (SSSR count). The fourth-order valence-corrected chi connectivity index (χ4v) is 3.62. The van der Waals surface area contributed by atoms with Gasteiger partial charge in [0.05, 0.1) is 6.10 Å². The molecule has 1 aromatic carbocycles. The third kappa shape index (κ3) is 6.19. The first-order chi connectivity index (χ1) is 13.1. The minimum Gasteiger partial charge on any atom is -0.376 e. The molecule has 2 atom stereocenters. The van der Waals surface area contributed by atoms with Gasteiger partial charge in [-0.2, -0.15) is 5.10 Å². The molecule has 1 aromatic rings. The summed E-state index contributed by atoms with van der Waals surface area (Å²) in [6, 6.07) is 4.21. The molecule has 2 unspecified atom stereocenters. The number of halogens is 2. The van der Waals surface area contributed by atoms with Gasteiger partial charge in [0.1, 0.15) is 0 Å². The van der Waals surface area contributed by atoms with Crippen molar-refractivity contribution in [1.29, 1.82) is 0 Å². The van der Waals surface area contributed by atoms with Crippen LogP contribution in [-0.4, -0.2) is 48.1 Å². The van der Waals surface area contributed by atoms with Crippen LogP contribution in [-0.2, 0) is 11.3 Å². The van der Waals surface area contributed by atoms with Crippen LogP contribution in [0, 0.1) is 11.6 Å². The third-order valence-electron chi connectivity index (χ3n) is 4.96. The Bertz CT molecular complexity index is 667. The second-order valence-electron chi connectivity index (χ2n) is 7.02. The van der Waals surface area contributed by atoms with Crippen LogP contribution in [0.3, 0.4) is 0 Å². The zero-order chi connectivity index (χ0) is 19.1. The molecule has 0 aromatic heterocycles. The van der Waals surface area contributed by atoms with Crippen molar-refractivity contribution in [2.24, 2.45) is 5.10 Å². The number of ether oxygens (including phenoxy) is 1. The highest BCUT2D eigenvalue weighted by Crippen LogP contribution is 2.19. The summed E-state index contributed by atoms with van der Waals surface area (Å²) >= 11 is 5.23. The fraction of sp³-hybridized carbons (Fsp3) is 0.579. The summed E-state index contributed by atoms with van der Waals surface area (Å²) in [7, 11) is 0. The number of thiocarbonyl (C=S) groups is 1. The van der Waals surface area contributed by atoms with E-state index < -0.39 is 11.6 Å². The Morgan fingerprint density at radius 1 is 1.26 bits per heavy atom. The maximum atomic E-state index is 13.4. The number of likely N-dealkylation sites (tertiary alicyclic amines) is 1. The Labute approximate surface area is 164 Å². The summed E-state index contributed by atoms with van der Waals surface area (Å²) in [6.07, 6.45) is 7.40. The summed E-state index contributed by atoms with van der Waals surface area (Å²) < 4.78 is 32.1. The molecule has 0 amide bonds. The van der Waals surface area contributed by atoms with E-state index in [1.807, 2.05) is 6.21 Å². The molecule has 0 radical (unpaired) electrons. The molecule has 2 aliphatic rings. The summed E-state index contributed by atoms with van der Waals surface area (Å²) in [5.74, 6) is -1.62. The molecule has 0 bridgehead atoms. The van der Waals surface area contributed by atoms with Crippen molar-refractivity contribution in [2.75, 3.05) is 19.7 Å².